The van der Waals surface area contributed by atoms with E-state index in [0.29, 0.717) is 5.82 Å². The second-order valence-corrected chi connectivity index (χ2v) is 15.7. The number of aromatic nitrogens is 3. The normalized spacial score (nSPS) is 12.5. The van der Waals surface area contributed by atoms with Gasteiger partial charge < -0.3 is 13.4 Å². The average Bonchev–Trinajstić information content (AvgIpc) is 4.00. The van der Waals surface area contributed by atoms with Gasteiger partial charge in [-0.05, 0) is 79.6 Å². The quantitative estimate of drug-likeness (QED) is 0.136. The van der Waals surface area contributed by atoms with Crippen molar-refractivity contribution in [3.63, 3.8) is 0 Å². The highest BCUT2D eigenvalue weighted by molar-refractivity contribution is 6.25. The Bertz CT molecular complexity index is 3730. The van der Waals surface area contributed by atoms with Crippen LogP contribution in [-0.4, -0.2) is 14.5 Å². The van der Waals surface area contributed by atoms with Gasteiger partial charge in [-0.2, -0.15) is 0 Å². The molecule has 11 rings (SSSR count). The summed E-state index contributed by atoms with van der Waals surface area (Å²) in [6, 6.07) is 53.1. The molecule has 5 nitrogen and oxygen atoms in total. The largest absolute Gasteiger partial charge is 0.456 e. The lowest BCUT2D eigenvalue weighted by Gasteiger charge is -2.21. The van der Waals surface area contributed by atoms with Crippen LogP contribution in [0.2, 0.25) is 0 Å². The average molecular weight is 812 g/mol. The first kappa shape index (κ1) is 37.7. The molecule has 0 radical (unpaired) electrons. The molecule has 0 amide bonds. The second-order valence-electron chi connectivity index (χ2n) is 15.7. The molecule has 0 saturated carbocycles. The minimum absolute atomic E-state index is 0.575. The summed E-state index contributed by atoms with van der Waals surface area (Å²) in [4.78, 5) is 10.3. The highest BCUT2D eigenvalue weighted by Crippen LogP contribution is 2.46. The van der Waals surface area contributed by atoms with E-state index < -0.39 is 0 Å². The number of rotatable bonds is 9. The molecule has 0 unspecified atom stereocenters. The van der Waals surface area contributed by atoms with Crippen LogP contribution in [0.25, 0.3) is 116 Å². The number of furan rings is 2. The van der Waals surface area contributed by atoms with Crippen LogP contribution >= 0.6 is 0 Å². The van der Waals surface area contributed by atoms with E-state index >= 15 is 0 Å². The van der Waals surface area contributed by atoms with Crippen LogP contribution in [-0.2, 0) is 0 Å². The smallest absolute Gasteiger partial charge is 0.160 e. The lowest BCUT2D eigenvalue weighted by molar-refractivity contribution is 0.665. The zero-order chi connectivity index (χ0) is 42.6. The van der Waals surface area contributed by atoms with Crippen LogP contribution in [0.1, 0.15) is 25.2 Å². The van der Waals surface area contributed by atoms with Crippen molar-refractivity contribution in [2.45, 2.75) is 13.8 Å². The van der Waals surface area contributed by atoms with Crippen molar-refractivity contribution in [1.82, 2.24) is 14.5 Å². The minimum atomic E-state index is 0.575. The van der Waals surface area contributed by atoms with E-state index in [-0.39, 0.29) is 0 Å². The predicted molar refractivity (Wildman–Crippen MR) is 264 cm³/mol. The standard InChI is InChI=1S/C58H41N3O2/c1-5-19-36(7-3)44-31-40(49-35-48(39-23-13-10-14-24-39)59-58(60-49)37(8-4)20-6-2)32-45(38-21-11-9-12-22-38)56(44)61-50-27-17-15-26-43(50)55-51(61)30-29-42-47-34-53-46(33-54(47)63-57(42)55)41-25-16-18-28-52(41)62-53/h5-35H,2,4H2,1,3H3/b19-5-,36-7+,37-20+. The summed E-state index contributed by atoms with van der Waals surface area (Å²) in [6.45, 7) is 12.2. The number of hydrogen-bond acceptors (Lipinski definition) is 4. The third kappa shape index (κ3) is 6.16. The first-order valence-electron chi connectivity index (χ1n) is 21.2. The topological polar surface area (TPSA) is 57.0 Å². The highest BCUT2D eigenvalue weighted by atomic mass is 16.3. The number of hydrogen-bond donors (Lipinski definition) is 0. The molecule has 0 aliphatic carbocycles. The van der Waals surface area contributed by atoms with Crippen LogP contribution in [0.5, 0.6) is 0 Å². The molecule has 300 valence electrons. The highest BCUT2D eigenvalue weighted by Gasteiger charge is 2.25. The van der Waals surface area contributed by atoms with Crippen LogP contribution in [0.15, 0.2) is 210 Å². The molecule has 4 heterocycles. The van der Waals surface area contributed by atoms with Crippen LogP contribution < -0.4 is 0 Å². The zero-order valence-electron chi connectivity index (χ0n) is 35.0. The fourth-order valence-corrected chi connectivity index (χ4v) is 9.19. The number of nitrogens with zero attached hydrogens (tertiary/aromatic N) is 3. The SMILES string of the molecule is C=C/C=C(\C=C)c1nc(-c2ccccc2)cc(-c2cc(C(/C=C\C)=C/C)c(-n3c4ccccc4c4c5oc6cc7c(cc6c5ccc43)oc3ccccc37)c(-c3ccccc3)c2)n1. The van der Waals surface area contributed by atoms with Crippen LogP contribution in [0.4, 0.5) is 0 Å². The van der Waals surface area contributed by atoms with E-state index in [1.807, 2.05) is 42.5 Å². The molecule has 5 heteroatoms. The first-order chi connectivity index (χ1) is 31.1. The molecular formula is C58H41N3O2. The Labute approximate surface area is 364 Å². The predicted octanol–water partition coefficient (Wildman–Crippen LogP) is 16.1. The van der Waals surface area contributed by atoms with Gasteiger partial charge in [-0.15, -0.1) is 0 Å². The third-order valence-corrected chi connectivity index (χ3v) is 12.0. The number of fused-ring (bicyclic) bond motifs is 10. The Balaban J connectivity index is 1.24. The molecule has 7 aromatic carbocycles. The lowest BCUT2D eigenvalue weighted by atomic mass is 9.91. The Kier molecular flexibility index (Phi) is 9.17. The van der Waals surface area contributed by atoms with Crippen LogP contribution in [0.3, 0.4) is 0 Å². The van der Waals surface area contributed by atoms with Crippen molar-refractivity contribution in [2.24, 2.45) is 0 Å². The number of allylic oxidation sites excluding steroid dienone is 8. The molecule has 0 aliphatic rings. The van der Waals surface area contributed by atoms with Gasteiger partial charge in [0.1, 0.15) is 22.3 Å². The minimum Gasteiger partial charge on any atom is -0.456 e. The van der Waals surface area contributed by atoms with E-state index in [2.05, 4.69) is 165 Å². The molecule has 0 N–H and O–H groups in total. The van der Waals surface area contributed by atoms with E-state index in [9.17, 15) is 0 Å². The first-order valence-corrected chi connectivity index (χ1v) is 21.2. The molecular weight excluding hydrogens is 771 g/mol. The van der Waals surface area contributed by atoms with Crippen molar-refractivity contribution in [3.05, 3.63) is 213 Å². The van der Waals surface area contributed by atoms with E-state index in [1.54, 1.807) is 12.2 Å². The Morgan fingerprint density at radius 3 is 1.95 bits per heavy atom. The van der Waals surface area contributed by atoms with Gasteiger partial charge in [-0.1, -0.05) is 147 Å². The summed E-state index contributed by atoms with van der Waals surface area (Å²) in [6.07, 6.45) is 11.9. The maximum Gasteiger partial charge on any atom is 0.160 e. The number of para-hydroxylation sites is 2. The fraction of sp³-hybridized carbons (Fsp3) is 0.0345. The third-order valence-electron chi connectivity index (χ3n) is 12.0. The van der Waals surface area contributed by atoms with Crippen molar-refractivity contribution < 1.29 is 8.83 Å². The fourth-order valence-electron chi connectivity index (χ4n) is 9.19. The molecule has 0 spiro atoms. The van der Waals surface area contributed by atoms with Crippen molar-refractivity contribution in [1.29, 1.82) is 0 Å². The molecule has 4 aromatic heterocycles. The van der Waals surface area contributed by atoms with Gasteiger partial charge in [0.05, 0.1) is 33.5 Å². The van der Waals surface area contributed by atoms with Crippen molar-refractivity contribution in [3.8, 4) is 39.3 Å². The van der Waals surface area contributed by atoms with Crippen molar-refractivity contribution >= 4 is 76.8 Å². The van der Waals surface area contributed by atoms with Gasteiger partial charge in [-0.3, -0.25) is 0 Å². The van der Waals surface area contributed by atoms with Gasteiger partial charge in [0.25, 0.3) is 0 Å². The van der Waals surface area contributed by atoms with Crippen molar-refractivity contribution in [2.75, 3.05) is 0 Å². The van der Waals surface area contributed by atoms with Gasteiger partial charge >= 0.3 is 0 Å². The summed E-state index contributed by atoms with van der Waals surface area (Å²) >= 11 is 0. The Hall–Kier alpha value is -8.28. The summed E-state index contributed by atoms with van der Waals surface area (Å²) < 4.78 is 15.7. The summed E-state index contributed by atoms with van der Waals surface area (Å²) in [5.41, 5.74) is 15.2. The molecule has 0 fully saturated rings. The molecule has 11 aromatic rings. The summed E-state index contributed by atoms with van der Waals surface area (Å²) in [7, 11) is 0. The molecule has 0 bridgehead atoms. The Morgan fingerprint density at radius 2 is 1.22 bits per heavy atom. The molecule has 63 heavy (non-hydrogen) atoms. The van der Waals surface area contributed by atoms with Crippen LogP contribution in [0, 0.1) is 0 Å². The summed E-state index contributed by atoms with van der Waals surface area (Å²) in [5.74, 6) is 0.575. The molecule has 0 saturated heterocycles. The maximum atomic E-state index is 6.97. The lowest BCUT2D eigenvalue weighted by Crippen LogP contribution is -2.04. The van der Waals surface area contributed by atoms with Gasteiger partial charge in [0, 0.05) is 54.8 Å². The Morgan fingerprint density at radius 1 is 0.556 bits per heavy atom. The van der Waals surface area contributed by atoms with Gasteiger partial charge in [0.15, 0.2) is 5.82 Å². The molecule has 0 atom stereocenters. The van der Waals surface area contributed by atoms with E-state index in [0.717, 1.165) is 122 Å². The van der Waals surface area contributed by atoms with E-state index in [1.165, 1.54) is 0 Å². The monoisotopic (exact) mass is 811 g/mol. The number of benzene rings is 7. The van der Waals surface area contributed by atoms with Gasteiger partial charge in [-0.25, -0.2) is 9.97 Å². The summed E-state index contributed by atoms with van der Waals surface area (Å²) in [5, 5.41) is 6.35. The molecule has 0 aliphatic heterocycles. The van der Waals surface area contributed by atoms with E-state index in [4.69, 9.17) is 18.8 Å². The zero-order valence-corrected chi connectivity index (χ0v) is 35.0. The second kappa shape index (κ2) is 15.3. The maximum absolute atomic E-state index is 6.97. The van der Waals surface area contributed by atoms with Gasteiger partial charge in [0.2, 0.25) is 0 Å².